The molecule has 78 valence electrons. The Kier molecular flexibility index (Phi) is 4.24. The monoisotopic (exact) mass is 184 g/mol. The van der Waals surface area contributed by atoms with Gasteiger partial charge < -0.3 is 5.11 Å². The molecule has 1 fully saturated rings. The first-order valence-electron chi connectivity index (χ1n) is 5.77. The second-order valence-electron chi connectivity index (χ2n) is 5.18. The van der Waals surface area contributed by atoms with Gasteiger partial charge in [0.05, 0.1) is 6.10 Å². The van der Waals surface area contributed by atoms with Crippen LogP contribution in [0.1, 0.15) is 52.9 Å². The summed E-state index contributed by atoms with van der Waals surface area (Å²) in [5.74, 6) is 2.11. The highest BCUT2D eigenvalue weighted by atomic mass is 16.3. The Bertz CT molecular complexity index is 142. The summed E-state index contributed by atoms with van der Waals surface area (Å²) in [5, 5.41) is 9.76. The molecule has 0 heterocycles. The fraction of sp³-hybridized carbons (Fsp3) is 1.00. The van der Waals surface area contributed by atoms with E-state index < -0.39 is 0 Å². The molecule has 1 aliphatic rings. The van der Waals surface area contributed by atoms with Crippen LogP contribution in [0.2, 0.25) is 0 Å². The average molecular weight is 184 g/mol. The van der Waals surface area contributed by atoms with E-state index in [-0.39, 0.29) is 6.10 Å². The first-order chi connectivity index (χ1) is 6.09. The van der Waals surface area contributed by atoms with Crippen molar-refractivity contribution in [2.24, 2.45) is 17.8 Å². The predicted molar refractivity (Wildman–Crippen MR) is 56.6 cm³/mol. The first kappa shape index (κ1) is 11.0. The minimum atomic E-state index is -0.0738. The molecule has 3 unspecified atom stereocenters. The van der Waals surface area contributed by atoms with E-state index in [2.05, 4.69) is 20.8 Å². The van der Waals surface area contributed by atoms with Crippen molar-refractivity contribution in [2.75, 3.05) is 0 Å². The third-order valence-electron chi connectivity index (χ3n) is 3.39. The molecule has 0 aromatic heterocycles. The van der Waals surface area contributed by atoms with Gasteiger partial charge in [0.15, 0.2) is 0 Å². The van der Waals surface area contributed by atoms with Gasteiger partial charge in [0.25, 0.3) is 0 Å². The molecule has 1 heteroatoms. The molecular formula is C12H24O. The van der Waals surface area contributed by atoms with Crippen molar-refractivity contribution in [1.82, 2.24) is 0 Å². The fourth-order valence-corrected chi connectivity index (χ4v) is 2.39. The summed E-state index contributed by atoms with van der Waals surface area (Å²) in [7, 11) is 0. The van der Waals surface area contributed by atoms with Gasteiger partial charge in [0.1, 0.15) is 0 Å². The Morgan fingerprint density at radius 3 is 2.54 bits per heavy atom. The maximum Gasteiger partial charge on any atom is 0.0565 e. The molecule has 1 saturated carbocycles. The average Bonchev–Trinajstić information content (AvgIpc) is 2.04. The van der Waals surface area contributed by atoms with Crippen molar-refractivity contribution < 1.29 is 5.11 Å². The normalized spacial score (nSPS) is 32.1. The number of hydrogen-bond acceptors (Lipinski definition) is 1. The van der Waals surface area contributed by atoms with Gasteiger partial charge in [0, 0.05) is 0 Å². The molecule has 3 atom stereocenters. The smallest absolute Gasteiger partial charge is 0.0565 e. The molecule has 0 bridgehead atoms. The lowest BCUT2D eigenvalue weighted by molar-refractivity contribution is 0.0831. The fourth-order valence-electron chi connectivity index (χ4n) is 2.39. The van der Waals surface area contributed by atoms with Crippen LogP contribution in [0.3, 0.4) is 0 Å². The SMILES string of the molecule is CC1CCCC(CC(O)C(C)C)C1. The van der Waals surface area contributed by atoms with Crippen LogP contribution in [0.4, 0.5) is 0 Å². The van der Waals surface area contributed by atoms with E-state index in [9.17, 15) is 5.11 Å². The van der Waals surface area contributed by atoms with E-state index in [4.69, 9.17) is 0 Å². The molecule has 1 rings (SSSR count). The Morgan fingerprint density at radius 1 is 1.31 bits per heavy atom. The molecule has 0 spiro atoms. The first-order valence-corrected chi connectivity index (χ1v) is 5.77. The van der Waals surface area contributed by atoms with Gasteiger partial charge in [-0.15, -0.1) is 0 Å². The van der Waals surface area contributed by atoms with Gasteiger partial charge in [-0.05, 0) is 30.6 Å². The van der Waals surface area contributed by atoms with Crippen molar-refractivity contribution in [3.05, 3.63) is 0 Å². The van der Waals surface area contributed by atoms with Gasteiger partial charge in [-0.25, -0.2) is 0 Å². The Hall–Kier alpha value is -0.0400. The van der Waals surface area contributed by atoms with Crippen LogP contribution in [0.15, 0.2) is 0 Å². The van der Waals surface area contributed by atoms with Crippen molar-refractivity contribution in [3.63, 3.8) is 0 Å². The molecule has 0 amide bonds. The molecular weight excluding hydrogens is 160 g/mol. The summed E-state index contributed by atoms with van der Waals surface area (Å²) in [6.07, 6.45) is 6.40. The van der Waals surface area contributed by atoms with E-state index in [1.54, 1.807) is 0 Å². The van der Waals surface area contributed by atoms with Crippen LogP contribution >= 0.6 is 0 Å². The Morgan fingerprint density at radius 2 is 2.00 bits per heavy atom. The largest absolute Gasteiger partial charge is 0.393 e. The van der Waals surface area contributed by atoms with Gasteiger partial charge in [-0.3, -0.25) is 0 Å². The highest BCUT2D eigenvalue weighted by molar-refractivity contribution is 4.74. The summed E-state index contributed by atoms with van der Waals surface area (Å²) >= 11 is 0. The number of aliphatic hydroxyl groups excluding tert-OH is 1. The summed E-state index contributed by atoms with van der Waals surface area (Å²) < 4.78 is 0. The second-order valence-corrected chi connectivity index (χ2v) is 5.18. The Labute approximate surface area is 82.5 Å². The quantitative estimate of drug-likeness (QED) is 0.714. The van der Waals surface area contributed by atoms with E-state index in [0.717, 1.165) is 18.3 Å². The second kappa shape index (κ2) is 4.99. The van der Waals surface area contributed by atoms with E-state index in [1.807, 2.05) is 0 Å². The van der Waals surface area contributed by atoms with Gasteiger partial charge in [-0.1, -0.05) is 40.0 Å². The van der Waals surface area contributed by atoms with Crippen molar-refractivity contribution in [3.8, 4) is 0 Å². The van der Waals surface area contributed by atoms with Crippen LogP contribution in [-0.4, -0.2) is 11.2 Å². The van der Waals surface area contributed by atoms with Crippen LogP contribution < -0.4 is 0 Å². The maximum absolute atomic E-state index is 9.76. The number of hydrogen-bond donors (Lipinski definition) is 1. The van der Waals surface area contributed by atoms with Crippen LogP contribution in [0.25, 0.3) is 0 Å². The standard InChI is InChI=1S/C12H24O/c1-9(2)12(13)8-11-6-4-5-10(3)7-11/h9-13H,4-8H2,1-3H3. The lowest BCUT2D eigenvalue weighted by atomic mass is 9.79. The van der Waals surface area contributed by atoms with Gasteiger partial charge in [0.2, 0.25) is 0 Å². The molecule has 0 radical (unpaired) electrons. The lowest BCUT2D eigenvalue weighted by Gasteiger charge is -2.29. The minimum absolute atomic E-state index is 0.0738. The van der Waals surface area contributed by atoms with E-state index in [1.165, 1.54) is 25.7 Å². The molecule has 1 N–H and O–H groups in total. The maximum atomic E-state index is 9.76. The van der Waals surface area contributed by atoms with E-state index in [0.29, 0.717) is 5.92 Å². The highest BCUT2D eigenvalue weighted by Crippen LogP contribution is 2.32. The third-order valence-corrected chi connectivity index (χ3v) is 3.39. The zero-order chi connectivity index (χ0) is 9.84. The summed E-state index contributed by atoms with van der Waals surface area (Å²) in [4.78, 5) is 0. The van der Waals surface area contributed by atoms with Crippen LogP contribution in [0.5, 0.6) is 0 Å². The summed E-state index contributed by atoms with van der Waals surface area (Å²) in [6.45, 7) is 6.56. The summed E-state index contributed by atoms with van der Waals surface area (Å²) in [5.41, 5.74) is 0. The summed E-state index contributed by atoms with van der Waals surface area (Å²) in [6, 6.07) is 0. The van der Waals surface area contributed by atoms with E-state index >= 15 is 0 Å². The van der Waals surface area contributed by atoms with Crippen LogP contribution in [-0.2, 0) is 0 Å². The van der Waals surface area contributed by atoms with Crippen molar-refractivity contribution in [1.29, 1.82) is 0 Å². The van der Waals surface area contributed by atoms with Crippen molar-refractivity contribution >= 4 is 0 Å². The molecule has 0 aromatic rings. The molecule has 13 heavy (non-hydrogen) atoms. The van der Waals surface area contributed by atoms with Gasteiger partial charge in [-0.2, -0.15) is 0 Å². The Balaban J connectivity index is 2.27. The predicted octanol–water partition coefficient (Wildman–Crippen LogP) is 3.22. The number of aliphatic hydroxyl groups is 1. The number of rotatable bonds is 3. The molecule has 0 aromatic carbocycles. The molecule has 1 nitrogen and oxygen atoms in total. The minimum Gasteiger partial charge on any atom is -0.393 e. The lowest BCUT2D eigenvalue weighted by Crippen LogP contribution is -2.22. The molecule has 1 aliphatic carbocycles. The van der Waals surface area contributed by atoms with Gasteiger partial charge >= 0.3 is 0 Å². The van der Waals surface area contributed by atoms with Crippen LogP contribution in [0, 0.1) is 17.8 Å². The topological polar surface area (TPSA) is 20.2 Å². The molecule has 0 saturated heterocycles. The zero-order valence-corrected chi connectivity index (χ0v) is 9.29. The van der Waals surface area contributed by atoms with Crippen molar-refractivity contribution in [2.45, 2.75) is 59.0 Å². The highest BCUT2D eigenvalue weighted by Gasteiger charge is 2.22. The molecule has 0 aliphatic heterocycles. The zero-order valence-electron chi connectivity index (χ0n) is 9.29. The third kappa shape index (κ3) is 3.68.